The lowest BCUT2D eigenvalue weighted by atomic mass is 9.76. The summed E-state index contributed by atoms with van der Waals surface area (Å²) >= 11 is 0. The largest absolute Gasteiger partial charge is 0.388 e. The van der Waals surface area contributed by atoms with Crippen LogP contribution in [-0.2, 0) is 0 Å². The lowest BCUT2D eigenvalue weighted by molar-refractivity contribution is -0.0722. The molecular weight excluding hydrogens is 200 g/mol. The first-order chi connectivity index (χ1) is 7.51. The number of nitrogens with one attached hydrogen (secondary N) is 1. The molecule has 0 radical (unpaired) electrons. The molecule has 2 heterocycles. The Hall–Kier alpha value is -0.120. The molecular formula is C13H26N2O. The van der Waals surface area contributed by atoms with Crippen molar-refractivity contribution in [1.82, 2.24) is 10.2 Å². The van der Waals surface area contributed by atoms with E-state index in [0.717, 1.165) is 38.3 Å². The molecule has 94 valence electrons. The van der Waals surface area contributed by atoms with Crippen LogP contribution in [-0.4, -0.2) is 47.8 Å². The molecule has 0 aromatic carbocycles. The van der Waals surface area contributed by atoms with Crippen molar-refractivity contribution in [3.63, 3.8) is 0 Å². The Kier molecular flexibility index (Phi) is 3.57. The second-order valence-corrected chi connectivity index (χ2v) is 6.02. The topological polar surface area (TPSA) is 35.5 Å². The molecule has 0 amide bonds. The molecule has 2 rings (SSSR count). The van der Waals surface area contributed by atoms with Crippen molar-refractivity contribution in [1.29, 1.82) is 0 Å². The Balaban J connectivity index is 2.01. The van der Waals surface area contributed by atoms with Crippen molar-refractivity contribution in [3.05, 3.63) is 0 Å². The fourth-order valence-corrected chi connectivity index (χ4v) is 3.19. The average Bonchev–Trinajstić information content (AvgIpc) is 2.24. The van der Waals surface area contributed by atoms with Gasteiger partial charge in [0.05, 0.1) is 5.60 Å². The maximum atomic E-state index is 10.8. The predicted octanol–water partition coefficient (Wildman–Crippen LogP) is 1.22. The monoisotopic (exact) mass is 226 g/mol. The lowest BCUT2D eigenvalue weighted by Gasteiger charge is -2.47. The fourth-order valence-electron chi connectivity index (χ4n) is 3.19. The van der Waals surface area contributed by atoms with E-state index in [4.69, 9.17) is 0 Å². The molecule has 4 atom stereocenters. The van der Waals surface area contributed by atoms with E-state index in [1.807, 2.05) is 0 Å². The summed E-state index contributed by atoms with van der Waals surface area (Å²) in [5.74, 6) is 0.755. The Morgan fingerprint density at radius 3 is 2.75 bits per heavy atom. The van der Waals surface area contributed by atoms with Crippen molar-refractivity contribution in [2.45, 2.75) is 57.2 Å². The normalized spacial score (nSPS) is 46.9. The van der Waals surface area contributed by atoms with Gasteiger partial charge in [0.2, 0.25) is 0 Å². The molecule has 0 saturated carbocycles. The summed E-state index contributed by atoms with van der Waals surface area (Å²) in [4.78, 5) is 2.35. The van der Waals surface area contributed by atoms with Gasteiger partial charge in [0, 0.05) is 18.6 Å². The molecule has 2 fully saturated rings. The molecule has 0 aliphatic carbocycles. The first kappa shape index (κ1) is 12.3. The summed E-state index contributed by atoms with van der Waals surface area (Å²) in [5, 5.41) is 14.3. The number of aliphatic hydroxyl groups is 1. The number of likely N-dealkylation sites (tertiary alicyclic amines) is 1. The van der Waals surface area contributed by atoms with Crippen molar-refractivity contribution in [2.24, 2.45) is 5.92 Å². The highest BCUT2D eigenvalue weighted by Crippen LogP contribution is 2.33. The van der Waals surface area contributed by atoms with Gasteiger partial charge in [-0.2, -0.15) is 0 Å². The van der Waals surface area contributed by atoms with Crippen LogP contribution >= 0.6 is 0 Å². The van der Waals surface area contributed by atoms with Gasteiger partial charge in [-0.25, -0.2) is 0 Å². The number of hydrogen-bond donors (Lipinski definition) is 2. The van der Waals surface area contributed by atoms with Crippen molar-refractivity contribution >= 4 is 0 Å². The van der Waals surface area contributed by atoms with Crippen molar-refractivity contribution in [3.8, 4) is 0 Å². The molecule has 2 saturated heterocycles. The minimum atomic E-state index is -0.472. The molecule has 3 nitrogen and oxygen atoms in total. The highest BCUT2D eigenvalue weighted by molar-refractivity contribution is 4.99. The van der Waals surface area contributed by atoms with E-state index in [-0.39, 0.29) is 0 Å². The van der Waals surface area contributed by atoms with Crippen LogP contribution in [0.4, 0.5) is 0 Å². The van der Waals surface area contributed by atoms with Crippen LogP contribution in [0.25, 0.3) is 0 Å². The first-order valence-corrected chi connectivity index (χ1v) is 6.67. The van der Waals surface area contributed by atoms with Gasteiger partial charge < -0.3 is 15.3 Å². The Morgan fingerprint density at radius 2 is 2.12 bits per heavy atom. The summed E-state index contributed by atoms with van der Waals surface area (Å²) in [6, 6.07) is 0.810. The number of nitrogens with zero attached hydrogens (tertiary/aromatic N) is 1. The van der Waals surface area contributed by atoms with Crippen LogP contribution in [0.2, 0.25) is 0 Å². The molecule has 2 aliphatic heterocycles. The minimum Gasteiger partial charge on any atom is -0.388 e. The van der Waals surface area contributed by atoms with E-state index in [1.54, 1.807) is 0 Å². The summed E-state index contributed by atoms with van der Waals surface area (Å²) < 4.78 is 0. The zero-order chi connectivity index (χ0) is 11.8. The Morgan fingerprint density at radius 1 is 1.38 bits per heavy atom. The smallest absolute Gasteiger partial charge is 0.0827 e. The SMILES string of the molecule is CC1CCNC(C2(O)CCN(C)C(C)C2)C1. The molecule has 4 unspecified atom stereocenters. The quantitative estimate of drug-likeness (QED) is 0.706. The fraction of sp³-hybridized carbons (Fsp3) is 1.00. The summed E-state index contributed by atoms with van der Waals surface area (Å²) in [6.45, 7) is 6.61. The molecule has 16 heavy (non-hydrogen) atoms. The van der Waals surface area contributed by atoms with Gasteiger partial charge in [0.15, 0.2) is 0 Å². The van der Waals surface area contributed by atoms with Gasteiger partial charge in [-0.05, 0) is 52.1 Å². The molecule has 0 spiro atoms. The van der Waals surface area contributed by atoms with Crippen LogP contribution in [0.1, 0.15) is 39.5 Å². The molecule has 2 aliphatic rings. The number of hydrogen-bond acceptors (Lipinski definition) is 3. The van der Waals surface area contributed by atoms with Crippen LogP contribution in [0.15, 0.2) is 0 Å². The maximum absolute atomic E-state index is 10.8. The predicted molar refractivity (Wildman–Crippen MR) is 66.5 cm³/mol. The highest BCUT2D eigenvalue weighted by Gasteiger charge is 2.42. The summed E-state index contributed by atoms with van der Waals surface area (Å²) in [6.07, 6.45) is 4.21. The van der Waals surface area contributed by atoms with Gasteiger partial charge in [-0.3, -0.25) is 0 Å². The van der Waals surface area contributed by atoms with E-state index >= 15 is 0 Å². The zero-order valence-corrected chi connectivity index (χ0v) is 10.9. The van der Waals surface area contributed by atoms with Crippen LogP contribution in [0, 0.1) is 5.92 Å². The van der Waals surface area contributed by atoms with Gasteiger partial charge in [0.25, 0.3) is 0 Å². The van der Waals surface area contributed by atoms with E-state index in [0.29, 0.717) is 12.1 Å². The van der Waals surface area contributed by atoms with Gasteiger partial charge >= 0.3 is 0 Å². The third-order valence-electron chi connectivity index (χ3n) is 4.61. The molecule has 3 heteroatoms. The third kappa shape index (κ3) is 2.41. The summed E-state index contributed by atoms with van der Waals surface area (Å²) in [7, 11) is 2.15. The van der Waals surface area contributed by atoms with E-state index < -0.39 is 5.60 Å². The zero-order valence-electron chi connectivity index (χ0n) is 10.9. The standard InChI is InChI=1S/C13H26N2O/c1-10-4-6-14-12(8-10)13(16)5-7-15(3)11(2)9-13/h10-12,14,16H,4-9H2,1-3H3. The second kappa shape index (κ2) is 4.63. The van der Waals surface area contributed by atoms with Crippen LogP contribution < -0.4 is 5.32 Å². The average molecular weight is 226 g/mol. The second-order valence-electron chi connectivity index (χ2n) is 6.02. The number of piperidine rings is 2. The molecule has 0 aromatic rings. The van der Waals surface area contributed by atoms with E-state index in [2.05, 4.69) is 31.1 Å². The van der Waals surface area contributed by atoms with Gasteiger partial charge in [0.1, 0.15) is 0 Å². The Labute approximate surface area is 99.2 Å². The minimum absolute atomic E-state index is 0.312. The third-order valence-corrected chi connectivity index (χ3v) is 4.61. The number of rotatable bonds is 1. The first-order valence-electron chi connectivity index (χ1n) is 6.67. The van der Waals surface area contributed by atoms with Gasteiger partial charge in [-0.15, -0.1) is 0 Å². The molecule has 0 aromatic heterocycles. The van der Waals surface area contributed by atoms with Crippen LogP contribution in [0.3, 0.4) is 0 Å². The van der Waals surface area contributed by atoms with Crippen molar-refractivity contribution < 1.29 is 5.11 Å². The summed E-state index contributed by atoms with van der Waals surface area (Å²) in [5.41, 5.74) is -0.472. The van der Waals surface area contributed by atoms with E-state index in [9.17, 15) is 5.11 Å². The highest BCUT2D eigenvalue weighted by atomic mass is 16.3. The molecule has 0 bridgehead atoms. The lowest BCUT2D eigenvalue weighted by Crippen LogP contribution is -2.60. The van der Waals surface area contributed by atoms with E-state index in [1.165, 1.54) is 6.42 Å². The van der Waals surface area contributed by atoms with Gasteiger partial charge in [-0.1, -0.05) is 6.92 Å². The Bertz CT molecular complexity index is 246. The molecule has 2 N–H and O–H groups in total. The maximum Gasteiger partial charge on any atom is 0.0827 e. The van der Waals surface area contributed by atoms with Crippen LogP contribution in [0.5, 0.6) is 0 Å². The van der Waals surface area contributed by atoms with Crippen molar-refractivity contribution in [2.75, 3.05) is 20.1 Å².